The number of hydrogen-bond acceptors (Lipinski definition) is 4. The highest BCUT2D eigenvalue weighted by Crippen LogP contribution is 2.44. The third-order valence-corrected chi connectivity index (χ3v) is 5.29. The molecule has 142 valence electrons. The fourth-order valence-electron chi connectivity index (χ4n) is 3.84. The predicted molar refractivity (Wildman–Crippen MR) is 103 cm³/mol. The highest BCUT2D eigenvalue weighted by molar-refractivity contribution is 5.90. The maximum Gasteiger partial charge on any atom is 0.338 e. The Morgan fingerprint density at radius 3 is 2.44 bits per heavy atom. The summed E-state index contributed by atoms with van der Waals surface area (Å²) in [5, 5.41) is 0. The van der Waals surface area contributed by atoms with Crippen LogP contribution < -0.4 is 0 Å². The summed E-state index contributed by atoms with van der Waals surface area (Å²) in [4.78, 5) is 25.5. The van der Waals surface area contributed by atoms with Gasteiger partial charge in [0.25, 0.3) is 0 Å². The monoisotopic (exact) mass is 366 g/mol. The Bertz CT molecular complexity index is 782. The third kappa shape index (κ3) is 4.21. The summed E-state index contributed by atoms with van der Waals surface area (Å²) in [6, 6.07) is 17.0. The van der Waals surface area contributed by atoms with E-state index in [0.717, 1.165) is 12.0 Å². The molecule has 0 amide bonds. The van der Waals surface area contributed by atoms with Crippen LogP contribution in [0.5, 0.6) is 0 Å². The molecule has 2 aromatic carbocycles. The molecule has 1 aliphatic carbocycles. The van der Waals surface area contributed by atoms with E-state index in [1.54, 1.807) is 31.2 Å². The van der Waals surface area contributed by atoms with E-state index >= 15 is 0 Å². The fraction of sp³-hybridized carbons (Fsp3) is 0.391. The molecule has 0 heterocycles. The minimum absolute atomic E-state index is 0.270. The fourth-order valence-corrected chi connectivity index (χ4v) is 3.84. The average molecular weight is 366 g/mol. The van der Waals surface area contributed by atoms with Crippen LogP contribution in [0.15, 0.2) is 54.6 Å². The first-order chi connectivity index (χ1) is 13.0. The lowest BCUT2D eigenvalue weighted by Gasteiger charge is -2.33. The molecular weight excluding hydrogens is 340 g/mol. The lowest BCUT2D eigenvalue weighted by atomic mass is 9.78. The lowest BCUT2D eigenvalue weighted by Crippen LogP contribution is -2.44. The van der Waals surface area contributed by atoms with E-state index in [-0.39, 0.29) is 11.9 Å². The van der Waals surface area contributed by atoms with Crippen molar-refractivity contribution in [3.8, 4) is 0 Å². The second-order valence-electron chi connectivity index (χ2n) is 7.19. The highest BCUT2D eigenvalue weighted by atomic mass is 16.6. The molecule has 0 aromatic heterocycles. The molecule has 0 N–H and O–H groups in total. The number of ether oxygens (including phenoxy) is 2. The van der Waals surface area contributed by atoms with Gasteiger partial charge in [-0.3, -0.25) is 4.79 Å². The molecule has 3 rings (SSSR count). The van der Waals surface area contributed by atoms with Gasteiger partial charge < -0.3 is 9.47 Å². The van der Waals surface area contributed by atoms with Crippen molar-refractivity contribution in [3.63, 3.8) is 0 Å². The second kappa shape index (κ2) is 8.38. The summed E-state index contributed by atoms with van der Waals surface area (Å²) >= 11 is 0. The van der Waals surface area contributed by atoms with E-state index in [1.807, 2.05) is 37.3 Å². The molecule has 27 heavy (non-hydrogen) atoms. The number of rotatable bonds is 6. The minimum Gasteiger partial charge on any atom is -0.465 e. The smallest absolute Gasteiger partial charge is 0.338 e. The molecule has 2 unspecified atom stereocenters. The van der Waals surface area contributed by atoms with Crippen LogP contribution >= 0.6 is 0 Å². The van der Waals surface area contributed by atoms with Crippen LogP contribution in [0.4, 0.5) is 0 Å². The molecule has 0 spiro atoms. The standard InChI is InChI=1S/C23H26O4/c1-3-26-22(25)23(16-18-13-11-17(2)12-14-18)15-7-10-20(23)27-21(24)19-8-5-4-6-9-19/h4-6,8-9,11-14,20H,3,7,10,15-16H2,1-2H3. The first-order valence-corrected chi connectivity index (χ1v) is 9.54. The largest absolute Gasteiger partial charge is 0.465 e. The van der Waals surface area contributed by atoms with Crippen molar-refractivity contribution in [1.29, 1.82) is 0 Å². The van der Waals surface area contributed by atoms with Crippen molar-refractivity contribution in [2.75, 3.05) is 6.61 Å². The first kappa shape index (κ1) is 19.2. The van der Waals surface area contributed by atoms with Gasteiger partial charge in [0.2, 0.25) is 0 Å². The molecule has 0 bridgehead atoms. The number of esters is 2. The zero-order valence-electron chi connectivity index (χ0n) is 15.9. The molecular formula is C23H26O4. The highest BCUT2D eigenvalue weighted by Gasteiger charge is 2.52. The van der Waals surface area contributed by atoms with Crippen LogP contribution in [0, 0.1) is 12.3 Å². The molecule has 2 atom stereocenters. The van der Waals surface area contributed by atoms with Crippen LogP contribution in [0.1, 0.15) is 47.7 Å². The Hall–Kier alpha value is -2.62. The summed E-state index contributed by atoms with van der Waals surface area (Å²) < 4.78 is 11.2. The number of hydrogen-bond donors (Lipinski definition) is 0. The van der Waals surface area contributed by atoms with E-state index < -0.39 is 11.5 Å². The lowest BCUT2D eigenvalue weighted by molar-refractivity contribution is -0.161. The molecule has 4 heteroatoms. The van der Waals surface area contributed by atoms with Gasteiger partial charge in [0, 0.05) is 0 Å². The second-order valence-corrected chi connectivity index (χ2v) is 7.19. The third-order valence-electron chi connectivity index (χ3n) is 5.29. The van der Waals surface area contributed by atoms with Gasteiger partial charge in [-0.2, -0.15) is 0 Å². The normalized spacial score (nSPS) is 21.6. The molecule has 0 saturated heterocycles. The Kier molecular flexibility index (Phi) is 5.94. The summed E-state index contributed by atoms with van der Waals surface area (Å²) in [7, 11) is 0. The molecule has 0 aliphatic heterocycles. The van der Waals surface area contributed by atoms with Crippen LogP contribution in [0.25, 0.3) is 0 Å². The number of benzene rings is 2. The number of aryl methyl sites for hydroxylation is 1. The Balaban J connectivity index is 1.87. The topological polar surface area (TPSA) is 52.6 Å². The predicted octanol–water partition coefficient (Wildman–Crippen LogP) is 4.50. The van der Waals surface area contributed by atoms with Crippen molar-refractivity contribution in [1.82, 2.24) is 0 Å². The van der Waals surface area contributed by atoms with Crippen molar-refractivity contribution in [2.24, 2.45) is 5.41 Å². The summed E-state index contributed by atoms with van der Waals surface area (Å²) in [5.41, 5.74) is 1.90. The maximum absolute atomic E-state index is 13.0. The Morgan fingerprint density at radius 1 is 1.07 bits per heavy atom. The van der Waals surface area contributed by atoms with Crippen LogP contribution in [0.2, 0.25) is 0 Å². The van der Waals surface area contributed by atoms with Gasteiger partial charge in [0.1, 0.15) is 11.5 Å². The van der Waals surface area contributed by atoms with Gasteiger partial charge in [-0.1, -0.05) is 48.0 Å². The molecule has 1 saturated carbocycles. The Morgan fingerprint density at radius 2 is 1.78 bits per heavy atom. The van der Waals surface area contributed by atoms with Gasteiger partial charge >= 0.3 is 11.9 Å². The van der Waals surface area contributed by atoms with E-state index in [9.17, 15) is 9.59 Å². The van der Waals surface area contributed by atoms with Gasteiger partial charge in [-0.25, -0.2) is 4.79 Å². The zero-order chi connectivity index (χ0) is 19.3. The van der Waals surface area contributed by atoms with E-state index in [0.29, 0.717) is 31.4 Å². The van der Waals surface area contributed by atoms with Crippen molar-refractivity contribution >= 4 is 11.9 Å². The van der Waals surface area contributed by atoms with Gasteiger partial charge in [-0.15, -0.1) is 0 Å². The van der Waals surface area contributed by atoms with Crippen molar-refractivity contribution in [2.45, 2.75) is 45.6 Å². The number of carbonyl (C=O) groups excluding carboxylic acids is 2. The van der Waals surface area contributed by atoms with Gasteiger partial charge in [0.15, 0.2) is 0 Å². The zero-order valence-corrected chi connectivity index (χ0v) is 15.9. The van der Waals surface area contributed by atoms with E-state index in [4.69, 9.17) is 9.47 Å². The quantitative estimate of drug-likeness (QED) is 0.707. The molecule has 1 aliphatic rings. The summed E-state index contributed by atoms with van der Waals surface area (Å²) in [5.74, 6) is -0.658. The molecule has 2 aromatic rings. The molecule has 0 radical (unpaired) electrons. The van der Waals surface area contributed by atoms with Crippen LogP contribution in [-0.2, 0) is 20.7 Å². The Labute approximate surface area is 160 Å². The van der Waals surface area contributed by atoms with Crippen LogP contribution in [0.3, 0.4) is 0 Å². The summed E-state index contributed by atoms with van der Waals surface area (Å²) in [6.07, 6.45) is 2.19. The van der Waals surface area contributed by atoms with Gasteiger partial charge in [0.05, 0.1) is 12.2 Å². The molecule has 4 nitrogen and oxygen atoms in total. The molecule has 1 fully saturated rings. The van der Waals surface area contributed by atoms with E-state index in [1.165, 1.54) is 5.56 Å². The number of carbonyl (C=O) groups is 2. The first-order valence-electron chi connectivity index (χ1n) is 9.54. The maximum atomic E-state index is 13.0. The van der Waals surface area contributed by atoms with Gasteiger partial charge in [-0.05, 0) is 57.2 Å². The van der Waals surface area contributed by atoms with E-state index in [2.05, 4.69) is 0 Å². The average Bonchev–Trinajstić information content (AvgIpc) is 3.08. The SMILES string of the molecule is CCOC(=O)C1(Cc2ccc(C)cc2)CCCC1OC(=O)c1ccccc1. The van der Waals surface area contributed by atoms with Crippen molar-refractivity contribution in [3.05, 3.63) is 71.3 Å². The minimum atomic E-state index is -0.824. The summed E-state index contributed by atoms with van der Waals surface area (Å²) in [6.45, 7) is 4.15. The van der Waals surface area contributed by atoms with Crippen molar-refractivity contribution < 1.29 is 19.1 Å². The van der Waals surface area contributed by atoms with Crippen LogP contribution in [-0.4, -0.2) is 24.6 Å².